The first-order chi connectivity index (χ1) is 16.2. The maximum atomic E-state index is 13.3. The fourth-order valence-electron chi connectivity index (χ4n) is 4.47. The number of anilines is 2. The molecular formula is C24H23N7O2. The number of nitrogens with zero attached hydrogens (tertiary/aromatic N) is 5. The first-order valence-electron chi connectivity index (χ1n) is 11.0. The van der Waals surface area contributed by atoms with E-state index in [2.05, 4.69) is 20.3 Å². The predicted octanol–water partition coefficient (Wildman–Crippen LogP) is 2.38. The van der Waals surface area contributed by atoms with Gasteiger partial charge in [-0.1, -0.05) is 30.3 Å². The first kappa shape index (κ1) is 19.8. The zero-order valence-corrected chi connectivity index (χ0v) is 17.9. The van der Waals surface area contributed by atoms with Crippen LogP contribution in [0, 0.1) is 0 Å². The number of benzene rings is 1. The molecule has 3 aromatic heterocycles. The summed E-state index contributed by atoms with van der Waals surface area (Å²) in [5.74, 6) is -0.207. The van der Waals surface area contributed by atoms with E-state index in [1.165, 1.54) is 0 Å². The highest BCUT2D eigenvalue weighted by atomic mass is 16.5. The van der Waals surface area contributed by atoms with Gasteiger partial charge in [0.25, 0.3) is 5.91 Å². The number of nitrogens with one attached hydrogen (secondary N) is 1. The summed E-state index contributed by atoms with van der Waals surface area (Å²) in [6, 6.07) is 12.2. The van der Waals surface area contributed by atoms with Gasteiger partial charge in [-0.15, -0.1) is 5.10 Å². The third kappa shape index (κ3) is 3.51. The highest BCUT2D eigenvalue weighted by molar-refractivity contribution is 6.12. The monoisotopic (exact) mass is 441 g/mol. The van der Waals surface area contributed by atoms with Crippen LogP contribution in [-0.2, 0) is 17.7 Å². The minimum atomic E-state index is -0.357. The molecule has 33 heavy (non-hydrogen) atoms. The minimum absolute atomic E-state index is 0.150. The molecule has 0 unspecified atom stereocenters. The number of pyridine rings is 1. The molecule has 0 radical (unpaired) electrons. The number of ether oxygens (including phenoxy) is 1. The highest BCUT2D eigenvalue weighted by Crippen LogP contribution is 2.29. The zero-order valence-electron chi connectivity index (χ0n) is 17.9. The van der Waals surface area contributed by atoms with Gasteiger partial charge in [-0.05, 0) is 11.6 Å². The number of hydrogen-bond acceptors (Lipinski definition) is 7. The molecule has 1 amide bonds. The van der Waals surface area contributed by atoms with E-state index in [-0.39, 0.29) is 17.3 Å². The molecule has 0 spiro atoms. The molecule has 6 rings (SSSR count). The summed E-state index contributed by atoms with van der Waals surface area (Å²) in [7, 11) is 0. The third-order valence-corrected chi connectivity index (χ3v) is 6.33. The summed E-state index contributed by atoms with van der Waals surface area (Å²) in [5, 5.41) is 7.35. The van der Waals surface area contributed by atoms with E-state index in [9.17, 15) is 4.79 Å². The average Bonchev–Trinajstić information content (AvgIpc) is 3.12. The van der Waals surface area contributed by atoms with Gasteiger partial charge in [-0.25, -0.2) is 9.50 Å². The Morgan fingerprint density at radius 3 is 2.82 bits per heavy atom. The summed E-state index contributed by atoms with van der Waals surface area (Å²) >= 11 is 0. The Labute approximate surface area is 190 Å². The maximum Gasteiger partial charge on any atom is 0.263 e. The number of aromatic nitrogens is 4. The fraction of sp³-hybridized carbons (Fsp3) is 0.250. The molecule has 4 aromatic rings. The van der Waals surface area contributed by atoms with Crippen LogP contribution in [0.1, 0.15) is 21.6 Å². The molecule has 0 saturated carbocycles. The number of rotatable bonds is 4. The second-order valence-electron chi connectivity index (χ2n) is 8.39. The molecule has 166 valence electrons. The summed E-state index contributed by atoms with van der Waals surface area (Å²) in [6.07, 6.45) is 6.09. The largest absolute Gasteiger partial charge is 0.381 e. The molecule has 3 N–H and O–H groups in total. The topological polar surface area (TPSA) is 111 Å². The lowest BCUT2D eigenvalue weighted by atomic mass is 10.0. The smallest absolute Gasteiger partial charge is 0.263 e. The number of amides is 1. The van der Waals surface area contributed by atoms with Crippen LogP contribution in [0.15, 0.2) is 55.0 Å². The maximum absolute atomic E-state index is 13.3. The Bertz CT molecular complexity index is 1350. The van der Waals surface area contributed by atoms with Crippen molar-refractivity contribution in [1.82, 2.24) is 24.5 Å². The van der Waals surface area contributed by atoms with E-state index >= 15 is 0 Å². The molecule has 2 aliphatic rings. The molecule has 1 fully saturated rings. The van der Waals surface area contributed by atoms with E-state index in [0.29, 0.717) is 17.4 Å². The Hall–Kier alpha value is -3.82. The van der Waals surface area contributed by atoms with Crippen molar-refractivity contribution in [2.24, 2.45) is 0 Å². The minimum Gasteiger partial charge on any atom is -0.381 e. The predicted molar refractivity (Wildman–Crippen MR) is 124 cm³/mol. The number of hydrogen-bond donors (Lipinski definition) is 2. The van der Waals surface area contributed by atoms with E-state index in [1.54, 1.807) is 16.9 Å². The average molecular weight is 441 g/mol. The van der Waals surface area contributed by atoms with Crippen molar-refractivity contribution in [2.75, 3.05) is 30.8 Å². The molecule has 9 heteroatoms. The Kier molecular flexibility index (Phi) is 4.78. The van der Waals surface area contributed by atoms with E-state index < -0.39 is 0 Å². The summed E-state index contributed by atoms with van der Waals surface area (Å²) < 4.78 is 6.95. The number of carbonyl (C=O) groups is 1. The first-order valence-corrected chi connectivity index (χ1v) is 11.0. The molecule has 0 atom stereocenters. The number of nitrogen functional groups attached to an aromatic ring is 1. The van der Waals surface area contributed by atoms with Crippen LogP contribution in [0.3, 0.4) is 0 Å². The van der Waals surface area contributed by atoms with Crippen LogP contribution in [0.4, 0.5) is 11.5 Å². The summed E-state index contributed by atoms with van der Waals surface area (Å²) in [4.78, 5) is 24.7. The highest BCUT2D eigenvalue weighted by Gasteiger charge is 2.30. The molecular weight excluding hydrogens is 418 g/mol. The Balaban J connectivity index is 1.32. The SMILES string of the molecule is Nc1nn2cc3c(nc2c1C(=O)Nc1cnccc1-c1ccccc1)CCN(C1COC1)C3. The molecule has 1 saturated heterocycles. The van der Waals surface area contributed by atoms with Crippen LogP contribution >= 0.6 is 0 Å². The van der Waals surface area contributed by atoms with Crippen molar-refractivity contribution in [3.05, 3.63) is 71.8 Å². The Morgan fingerprint density at radius 2 is 2.03 bits per heavy atom. The van der Waals surface area contributed by atoms with Gasteiger partial charge < -0.3 is 15.8 Å². The van der Waals surface area contributed by atoms with Crippen molar-refractivity contribution in [1.29, 1.82) is 0 Å². The molecule has 2 aliphatic heterocycles. The lowest BCUT2D eigenvalue weighted by molar-refractivity contribution is -0.0697. The molecule has 0 bridgehead atoms. The standard InChI is InChI=1S/C24H23N7O2/c25-22-21(24(32)28-20-10-26-8-6-18(20)15-4-2-1-3-5-15)23-27-19-7-9-30(17-13-33-14-17)11-16(19)12-31(23)29-22/h1-6,8,10,12,17H,7,9,11,13-14H2,(H2,25,29)(H,28,32). The second-order valence-corrected chi connectivity index (χ2v) is 8.39. The van der Waals surface area contributed by atoms with E-state index in [4.69, 9.17) is 15.5 Å². The van der Waals surface area contributed by atoms with Gasteiger partial charge in [0.05, 0.1) is 36.8 Å². The van der Waals surface area contributed by atoms with Crippen molar-refractivity contribution in [3.63, 3.8) is 0 Å². The van der Waals surface area contributed by atoms with Gasteiger partial charge in [0, 0.05) is 43.0 Å². The van der Waals surface area contributed by atoms with Gasteiger partial charge in [0.2, 0.25) is 0 Å². The van der Waals surface area contributed by atoms with Gasteiger partial charge in [0.1, 0.15) is 5.56 Å². The van der Waals surface area contributed by atoms with Crippen molar-refractivity contribution >= 4 is 23.1 Å². The fourth-order valence-corrected chi connectivity index (χ4v) is 4.47. The van der Waals surface area contributed by atoms with Crippen molar-refractivity contribution in [2.45, 2.75) is 19.0 Å². The molecule has 0 aliphatic carbocycles. The molecule has 9 nitrogen and oxygen atoms in total. The summed E-state index contributed by atoms with van der Waals surface area (Å²) in [5.41, 5.74) is 11.5. The van der Waals surface area contributed by atoms with Crippen LogP contribution in [-0.4, -0.2) is 56.2 Å². The van der Waals surface area contributed by atoms with E-state index in [1.807, 2.05) is 42.6 Å². The third-order valence-electron chi connectivity index (χ3n) is 6.33. The van der Waals surface area contributed by atoms with Crippen molar-refractivity contribution < 1.29 is 9.53 Å². The Morgan fingerprint density at radius 1 is 1.18 bits per heavy atom. The lowest BCUT2D eigenvalue weighted by Gasteiger charge is -2.39. The van der Waals surface area contributed by atoms with Crippen LogP contribution < -0.4 is 11.1 Å². The van der Waals surface area contributed by atoms with Crippen LogP contribution in [0.25, 0.3) is 16.8 Å². The van der Waals surface area contributed by atoms with E-state index in [0.717, 1.165) is 55.1 Å². The number of carbonyl (C=O) groups excluding carboxylic acids is 1. The van der Waals surface area contributed by atoms with Gasteiger partial charge in [-0.3, -0.25) is 14.7 Å². The molecule has 1 aromatic carbocycles. The number of nitrogens with two attached hydrogens (primary N) is 1. The zero-order chi connectivity index (χ0) is 22.4. The van der Waals surface area contributed by atoms with Crippen LogP contribution in [0.2, 0.25) is 0 Å². The second kappa shape index (κ2) is 7.95. The van der Waals surface area contributed by atoms with Gasteiger partial charge >= 0.3 is 0 Å². The lowest BCUT2D eigenvalue weighted by Crippen LogP contribution is -2.50. The van der Waals surface area contributed by atoms with Crippen LogP contribution in [0.5, 0.6) is 0 Å². The van der Waals surface area contributed by atoms with Gasteiger partial charge in [-0.2, -0.15) is 0 Å². The quantitative estimate of drug-likeness (QED) is 0.500. The van der Waals surface area contributed by atoms with Crippen molar-refractivity contribution in [3.8, 4) is 11.1 Å². The molecule has 5 heterocycles. The summed E-state index contributed by atoms with van der Waals surface area (Å²) in [6.45, 7) is 3.28. The number of fused-ring (bicyclic) bond motifs is 2. The normalized spacial score (nSPS) is 16.4. The van der Waals surface area contributed by atoms with Gasteiger partial charge in [0.15, 0.2) is 11.5 Å².